The highest BCUT2D eigenvalue weighted by molar-refractivity contribution is 5.76. The van der Waals surface area contributed by atoms with Gasteiger partial charge in [-0.1, -0.05) is 6.07 Å². The molecule has 2 N–H and O–H groups in total. The molecule has 5 nitrogen and oxygen atoms in total. The number of nitrogens with two attached hydrogens (primary N) is 1. The fraction of sp³-hybridized carbons (Fsp3) is 0.562. The lowest BCUT2D eigenvalue weighted by Gasteiger charge is -2.39. The fourth-order valence-corrected chi connectivity index (χ4v) is 2.60. The van der Waals surface area contributed by atoms with E-state index in [0.717, 1.165) is 19.4 Å². The average Bonchev–Trinajstić information content (AvgIpc) is 2.47. The lowest BCUT2D eigenvalue weighted by molar-refractivity contribution is -0.139. The van der Waals surface area contributed by atoms with Crippen molar-refractivity contribution < 1.29 is 14.3 Å². The zero-order valence-corrected chi connectivity index (χ0v) is 12.8. The average molecular weight is 292 g/mol. The molecular formula is C16H24N2O3. The number of methoxy groups -OCH3 is 1. The predicted molar refractivity (Wildman–Crippen MR) is 82.2 cm³/mol. The van der Waals surface area contributed by atoms with E-state index in [9.17, 15) is 4.79 Å². The molecule has 2 rings (SSSR count). The summed E-state index contributed by atoms with van der Waals surface area (Å²) < 4.78 is 11.1. The fourth-order valence-electron chi connectivity index (χ4n) is 2.60. The lowest BCUT2D eigenvalue weighted by Crippen LogP contribution is -2.49. The topological polar surface area (TPSA) is 64.8 Å². The Morgan fingerprint density at radius 3 is 3.00 bits per heavy atom. The molecule has 0 aliphatic carbocycles. The van der Waals surface area contributed by atoms with E-state index < -0.39 is 0 Å². The second kappa shape index (κ2) is 6.80. The number of anilines is 1. The van der Waals surface area contributed by atoms with Crippen molar-refractivity contribution in [2.45, 2.75) is 31.8 Å². The van der Waals surface area contributed by atoms with Crippen LogP contribution in [0.2, 0.25) is 0 Å². The van der Waals surface area contributed by atoms with E-state index in [1.807, 2.05) is 17.0 Å². The van der Waals surface area contributed by atoms with Gasteiger partial charge < -0.3 is 20.1 Å². The minimum absolute atomic E-state index is 0.113. The minimum Gasteiger partial charge on any atom is -0.493 e. The Balaban J connectivity index is 1.79. The second-order valence-electron chi connectivity index (χ2n) is 5.74. The molecule has 5 heteroatoms. The first-order valence-corrected chi connectivity index (χ1v) is 7.34. The zero-order chi connectivity index (χ0) is 15.3. The number of carbonyl (C=O) groups excluding carboxylic acids is 1. The number of likely N-dealkylation sites (tertiary alicyclic amines) is 1. The largest absolute Gasteiger partial charge is 0.493 e. The molecule has 0 bridgehead atoms. The van der Waals surface area contributed by atoms with Gasteiger partial charge in [0.1, 0.15) is 5.75 Å². The first-order valence-electron chi connectivity index (χ1n) is 7.34. The first kappa shape index (κ1) is 15.6. The van der Waals surface area contributed by atoms with Crippen LogP contribution in [-0.4, -0.2) is 43.2 Å². The molecule has 0 aromatic heterocycles. The van der Waals surface area contributed by atoms with Gasteiger partial charge in [0.05, 0.1) is 18.6 Å². The van der Waals surface area contributed by atoms with Crippen LogP contribution in [0.15, 0.2) is 24.3 Å². The number of rotatable bonds is 5. The highest BCUT2D eigenvalue weighted by Gasteiger charge is 2.32. The van der Waals surface area contributed by atoms with E-state index in [1.54, 1.807) is 19.2 Å². The minimum atomic E-state index is -0.220. The van der Waals surface area contributed by atoms with Crippen molar-refractivity contribution in [3.05, 3.63) is 24.3 Å². The summed E-state index contributed by atoms with van der Waals surface area (Å²) in [5.41, 5.74) is 6.12. The summed E-state index contributed by atoms with van der Waals surface area (Å²) in [6, 6.07) is 7.23. The molecule has 1 amide bonds. The van der Waals surface area contributed by atoms with E-state index in [0.29, 0.717) is 31.0 Å². The van der Waals surface area contributed by atoms with Gasteiger partial charge in [-0.25, -0.2) is 0 Å². The van der Waals surface area contributed by atoms with Crippen molar-refractivity contribution in [2.24, 2.45) is 0 Å². The number of ether oxygens (including phenoxy) is 2. The quantitative estimate of drug-likeness (QED) is 0.844. The van der Waals surface area contributed by atoms with E-state index in [-0.39, 0.29) is 11.5 Å². The van der Waals surface area contributed by atoms with E-state index in [2.05, 4.69) is 6.92 Å². The standard InChI is InChI=1S/C16H24N2O3/c1-16(20-2)8-4-9-18(12-16)15(19)7-10-21-14-6-3-5-13(17)11-14/h3,5-6,11H,4,7-10,12,17H2,1-2H3. The van der Waals surface area contributed by atoms with E-state index >= 15 is 0 Å². The maximum atomic E-state index is 12.2. The van der Waals surface area contributed by atoms with Crippen molar-refractivity contribution >= 4 is 11.6 Å². The molecule has 0 saturated carbocycles. The van der Waals surface area contributed by atoms with Gasteiger partial charge in [0.25, 0.3) is 0 Å². The van der Waals surface area contributed by atoms with Crippen LogP contribution in [0.25, 0.3) is 0 Å². The van der Waals surface area contributed by atoms with Gasteiger partial charge in [-0.15, -0.1) is 0 Å². The summed E-state index contributed by atoms with van der Waals surface area (Å²) in [4.78, 5) is 14.1. The van der Waals surface area contributed by atoms with Crippen LogP contribution in [0.1, 0.15) is 26.2 Å². The Kier molecular flexibility index (Phi) is 5.07. The second-order valence-corrected chi connectivity index (χ2v) is 5.74. The summed E-state index contributed by atoms with van der Waals surface area (Å²) >= 11 is 0. The van der Waals surface area contributed by atoms with Gasteiger partial charge in [-0.3, -0.25) is 4.79 Å². The molecule has 21 heavy (non-hydrogen) atoms. The number of hydrogen-bond donors (Lipinski definition) is 1. The molecule has 1 saturated heterocycles. The summed E-state index contributed by atoms with van der Waals surface area (Å²) in [6.45, 7) is 3.87. The number of amides is 1. The van der Waals surface area contributed by atoms with Gasteiger partial charge in [0.2, 0.25) is 5.91 Å². The van der Waals surface area contributed by atoms with Gasteiger partial charge in [0, 0.05) is 32.0 Å². The van der Waals surface area contributed by atoms with Crippen molar-refractivity contribution in [1.82, 2.24) is 4.90 Å². The maximum absolute atomic E-state index is 12.2. The van der Waals surface area contributed by atoms with Crippen LogP contribution < -0.4 is 10.5 Å². The molecule has 1 atom stereocenters. The highest BCUT2D eigenvalue weighted by Crippen LogP contribution is 2.24. The smallest absolute Gasteiger partial charge is 0.226 e. The monoisotopic (exact) mass is 292 g/mol. The molecule has 1 fully saturated rings. The number of benzene rings is 1. The SMILES string of the molecule is COC1(C)CCCN(C(=O)CCOc2cccc(N)c2)C1. The van der Waals surface area contributed by atoms with Gasteiger partial charge in [-0.05, 0) is 31.9 Å². The molecule has 1 aromatic carbocycles. The van der Waals surface area contributed by atoms with E-state index in [1.165, 1.54) is 0 Å². The molecule has 1 unspecified atom stereocenters. The van der Waals surface area contributed by atoms with Crippen molar-refractivity contribution in [3.63, 3.8) is 0 Å². The number of hydrogen-bond acceptors (Lipinski definition) is 4. The zero-order valence-electron chi connectivity index (χ0n) is 12.8. The Morgan fingerprint density at radius 1 is 1.48 bits per heavy atom. The van der Waals surface area contributed by atoms with E-state index in [4.69, 9.17) is 15.2 Å². The molecule has 0 radical (unpaired) electrons. The summed E-state index contributed by atoms with van der Waals surface area (Å²) in [7, 11) is 1.71. The van der Waals surface area contributed by atoms with Crippen molar-refractivity contribution in [3.8, 4) is 5.75 Å². The summed E-state index contributed by atoms with van der Waals surface area (Å²) in [5.74, 6) is 0.810. The Bertz CT molecular complexity index is 492. The third kappa shape index (κ3) is 4.36. The number of nitrogen functional groups attached to an aromatic ring is 1. The molecule has 1 heterocycles. The van der Waals surface area contributed by atoms with Crippen LogP contribution in [0.3, 0.4) is 0 Å². The summed E-state index contributed by atoms with van der Waals surface area (Å²) in [5, 5.41) is 0. The molecule has 1 aliphatic rings. The van der Waals surface area contributed by atoms with Crippen LogP contribution >= 0.6 is 0 Å². The lowest BCUT2D eigenvalue weighted by atomic mass is 9.94. The van der Waals surface area contributed by atoms with Crippen molar-refractivity contribution in [1.29, 1.82) is 0 Å². The Morgan fingerprint density at radius 2 is 2.29 bits per heavy atom. The number of nitrogens with zero attached hydrogens (tertiary/aromatic N) is 1. The third-order valence-electron chi connectivity index (χ3n) is 3.95. The molecule has 116 valence electrons. The Hall–Kier alpha value is -1.75. The van der Waals surface area contributed by atoms with Gasteiger partial charge in [0.15, 0.2) is 0 Å². The normalized spacial score (nSPS) is 22.1. The predicted octanol–water partition coefficient (Wildman–Crippen LogP) is 2.07. The first-order chi connectivity index (χ1) is 10.0. The highest BCUT2D eigenvalue weighted by atomic mass is 16.5. The number of piperidine rings is 1. The maximum Gasteiger partial charge on any atom is 0.226 e. The third-order valence-corrected chi connectivity index (χ3v) is 3.95. The molecular weight excluding hydrogens is 268 g/mol. The van der Waals surface area contributed by atoms with Crippen LogP contribution in [0.4, 0.5) is 5.69 Å². The molecule has 0 spiro atoms. The van der Waals surface area contributed by atoms with Crippen LogP contribution in [0, 0.1) is 0 Å². The van der Waals surface area contributed by atoms with Crippen LogP contribution in [0.5, 0.6) is 5.75 Å². The number of carbonyl (C=O) groups is 1. The summed E-state index contributed by atoms with van der Waals surface area (Å²) in [6.07, 6.45) is 2.34. The van der Waals surface area contributed by atoms with Gasteiger partial charge >= 0.3 is 0 Å². The Labute approximate surface area is 126 Å². The molecule has 1 aliphatic heterocycles. The van der Waals surface area contributed by atoms with Crippen LogP contribution in [-0.2, 0) is 9.53 Å². The molecule has 1 aromatic rings. The van der Waals surface area contributed by atoms with Gasteiger partial charge in [-0.2, -0.15) is 0 Å². The van der Waals surface area contributed by atoms with Crippen molar-refractivity contribution in [2.75, 3.05) is 32.5 Å².